The van der Waals surface area contributed by atoms with Crippen molar-refractivity contribution >= 4 is 11.9 Å². The quantitative estimate of drug-likeness (QED) is 0.657. The number of aromatic amines is 1. The van der Waals surface area contributed by atoms with Crippen LogP contribution in [0.2, 0.25) is 0 Å². The average molecular weight is 370 g/mol. The molecule has 3 heterocycles. The third-order valence-electron chi connectivity index (χ3n) is 3.99. The van der Waals surface area contributed by atoms with Gasteiger partial charge >= 0.3 is 11.9 Å². The third-order valence-corrected chi connectivity index (χ3v) is 3.99. The molecule has 3 rings (SSSR count). The van der Waals surface area contributed by atoms with Crippen LogP contribution in [0.25, 0.3) is 11.4 Å². The van der Waals surface area contributed by atoms with Crippen LogP contribution in [-0.4, -0.2) is 39.2 Å². The Morgan fingerprint density at radius 1 is 1.30 bits per heavy atom. The topological polar surface area (TPSA) is 120 Å². The molecule has 0 bridgehead atoms. The van der Waals surface area contributed by atoms with Crippen molar-refractivity contribution < 1.29 is 23.6 Å². The molecule has 0 spiro atoms. The van der Waals surface area contributed by atoms with Gasteiger partial charge in [-0.15, -0.1) is 0 Å². The number of aromatic nitrogens is 4. The van der Waals surface area contributed by atoms with E-state index in [1.165, 1.54) is 7.11 Å². The van der Waals surface area contributed by atoms with Crippen LogP contribution in [-0.2, 0) is 22.5 Å². The summed E-state index contributed by atoms with van der Waals surface area (Å²) in [6.45, 7) is 3.33. The van der Waals surface area contributed by atoms with Gasteiger partial charge in [0, 0.05) is 23.7 Å². The lowest BCUT2D eigenvalue weighted by Crippen LogP contribution is -2.08. The summed E-state index contributed by atoms with van der Waals surface area (Å²) in [6.07, 6.45) is 3.78. The largest absolute Gasteiger partial charge is 0.465 e. The van der Waals surface area contributed by atoms with E-state index < -0.39 is 11.9 Å². The standard InChI is InChI=1S/C18H18N4O5/c1-4-12-14(17(23)25-3)10(2)15(20-12)18(24)26-9-13-21-16(22-27-13)11-6-5-7-19-8-11/h5-8,20H,4,9H2,1-3H3. The molecule has 3 aromatic heterocycles. The number of esters is 2. The maximum absolute atomic E-state index is 12.4. The Kier molecular flexibility index (Phi) is 5.30. The first kappa shape index (κ1) is 18.3. The normalized spacial score (nSPS) is 10.6. The molecule has 140 valence electrons. The molecule has 0 fully saturated rings. The van der Waals surface area contributed by atoms with Crippen LogP contribution < -0.4 is 0 Å². The summed E-state index contributed by atoms with van der Waals surface area (Å²) in [7, 11) is 1.29. The van der Waals surface area contributed by atoms with Gasteiger partial charge in [0.1, 0.15) is 5.69 Å². The molecule has 1 N–H and O–H groups in total. The van der Waals surface area contributed by atoms with Gasteiger partial charge in [0.25, 0.3) is 5.89 Å². The second-order valence-electron chi connectivity index (χ2n) is 5.65. The molecule has 0 radical (unpaired) electrons. The Morgan fingerprint density at radius 3 is 2.78 bits per heavy atom. The highest BCUT2D eigenvalue weighted by atomic mass is 16.6. The average Bonchev–Trinajstić information content (AvgIpc) is 3.30. The van der Waals surface area contributed by atoms with E-state index in [0.29, 0.717) is 34.6 Å². The highest BCUT2D eigenvalue weighted by molar-refractivity contribution is 5.98. The molecular formula is C18H18N4O5. The van der Waals surface area contributed by atoms with E-state index >= 15 is 0 Å². The smallest absolute Gasteiger partial charge is 0.355 e. The van der Waals surface area contributed by atoms with Crippen LogP contribution in [0.3, 0.4) is 0 Å². The zero-order valence-corrected chi connectivity index (χ0v) is 15.1. The van der Waals surface area contributed by atoms with Gasteiger partial charge in [-0.1, -0.05) is 12.1 Å². The van der Waals surface area contributed by atoms with Crippen LogP contribution in [0, 0.1) is 6.92 Å². The molecule has 9 heteroatoms. The summed E-state index contributed by atoms with van der Waals surface area (Å²) in [5.74, 6) is -0.627. The summed E-state index contributed by atoms with van der Waals surface area (Å²) in [5.41, 5.74) is 2.32. The van der Waals surface area contributed by atoms with E-state index in [1.807, 2.05) is 6.92 Å². The molecule has 0 aromatic carbocycles. The van der Waals surface area contributed by atoms with Gasteiger partial charge in [0.2, 0.25) is 5.82 Å². The van der Waals surface area contributed by atoms with Crippen molar-refractivity contribution in [3.8, 4) is 11.4 Å². The third kappa shape index (κ3) is 3.71. The number of hydrogen-bond donors (Lipinski definition) is 1. The minimum absolute atomic E-state index is 0.148. The Morgan fingerprint density at radius 2 is 2.11 bits per heavy atom. The molecule has 0 unspecified atom stereocenters. The number of pyridine rings is 1. The summed E-state index contributed by atoms with van der Waals surface area (Å²) in [4.78, 5) is 35.4. The van der Waals surface area contributed by atoms with Crippen molar-refractivity contribution in [3.05, 3.63) is 52.9 Å². The molecule has 0 aliphatic rings. The lowest BCUT2D eigenvalue weighted by Gasteiger charge is -2.02. The fourth-order valence-electron chi connectivity index (χ4n) is 2.63. The van der Waals surface area contributed by atoms with Crippen molar-refractivity contribution in [1.29, 1.82) is 0 Å². The van der Waals surface area contributed by atoms with Crippen LogP contribution in [0.1, 0.15) is 44.9 Å². The lowest BCUT2D eigenvalue weighted by atomic mass is 10.1. The number of methoxy groups -OCH3 is 1. The summed E-state index contributed by atoms with van der Waals surface area (Å²) >= 11 is 0. The Balaban J connectivity index is 1.73. The van der Waals surface area contributed by atoms with Crippen molar-refractivity contribution in [2.24, 2.45) is 0 Å². The van der Waals surface area contributed by atoms with E-state index in [2.05, 4.69) is 20.1 Å². The highest BCUT2D eigenvalue weighted by Gasteiger charge is 2.25. The number of rotatable bonds is 6. The zero-order valence-electron chi connectivity index (χ0n) is 15.1. The van der Waals surface area contributed by atoms with Crippen LogP contribution >= 0.6 is 0 Å². The summed E-state index contributed by atoms with van der Waals surface area (Å²) in [5, 5.41) is 3.83. The Labute approximate surface area is 154 Å². The molecule has 0 aliphatic carbocycles. The van der Waals surface area contributed by atoms with Crippen LogP contribution in [0.4, 0.5) is 0 Å². The number of ether oxygens (including phenoxy) is 2. The number of nitrogens with zero attached hydrogens (tertiary/aromatic N) is 3. The number of carbonyl (C=O) groups is 2. The molecule has 0 saturated heterocycles. The molecule has 0 atom stereocenters. The van der Waals surface area contributed by atoms with Crippen molar-refractivity contribution in [3.63, 3.8) is 0 Å². The fraction of sp³-hybridized carbons (Fsp3) is 0.278. The van der Waals surface area contributed by atoms with E-state index in [1.54, 1.807) is 31.5 Å². The Hall–Kier alpha value is -3.49. The minimum Gasteiger partial charge on any atom is -0.465 e. The van der Waals surface area contributed by atoms with Gasteiger partial charge in [-0.25, -0.2) is 9.59 Å². The number of aryl methyl sites for hydroxylation is 1. The highest BCUT2D eigenvalue weighted by Crippen LogP contribution is 2.21. The van der Waals surface area contributed by atoms with Gasteiger partial charge in [-0.2, -0.15) is 4.98 Å². The SMILES string of the molecule is CCc1[nH]c(C(=O)OCc2nc(-c3cccnc3)no2)c(C)c1C(=O)OC. The molecule has 0 aliphatic heterocycles. The number of hydrogen-bond acceptors (Lipinski definition) is 8. The van der Waals surface area contributed by atoms with Crippen molar-refractivity contribution in [1.82, 2.24) is 20.1 Å². The predicted octanol–water partition coefficient (Wildman–Crippen LogP) is 2.47. The van der Waals surface area contributed by atoms with Crippen molar-refractivity contribution in [2.75, 3.05) is 7.11 Å². The first-order valence-corrected chi connectivity index (χ1v) is 8.25. The van der Waals surface area contributed by atoms with Crippen LogP contribution in [0.5, 0.6) is 0 Å². The molecule has 0 saturated carbocycles. The second kappa shape index (κ2) is 7.81. The molecule has 3 aromatic rings. The van der Waals surface area contributed by atoms with Gasteiger partial charge in [0.05, 0.1) is 12.7 Å². The van der Waals surface area contributed by atoms with Crippen LogP contribution in [0.15, 0.2) is 29.0 Å². The number of carbonyl (C=O) groups excluding carboxylic acids is 2. The number of H-pyrrole nitrogens is 1. The van der Waals surface area contributed by atoms with E-state index in [-0.39, 0.29) is 18.2 Å². The molecule has 27 heavy (non-hydrogen) atoms. The monoisotopic (exact) mass is 370 g/mol. The fourth-order valence-corrected chi connectivity index (χ4v) is 2.63. The summed E-state index contributed by atoms with van der Waals surface area (Å²) < 4.78 is 15.1. The molecular weight excluding hydrogens is 352 g/mol. The maximum Gasteiger partial charge on any atom is 0.355 e. The predicted molar refractivity (Wildman–Crippen MR) is 92.9 cm³/mol. The minimum atomic E-state index is -0.626. The first-order valence-electron chi connectivity index (χ1n) is 8.25. The summed E-state index contributed by atoms with van der Waals surface area (Å²) in [6, 6.07) is 3.54. The Bertz CT molecular complexity index is 962. The van der Waals surface area contributed by atoms with E-state index in [9.17, 15) is 9.59 Å². The lowest BCUT2D eigenvalue weighted by molar-refractivity contribution is 0.0422. The number of nitrogens with one attached hydrogen (secondary N) is 1. The molecule has 0 amide bonds. The second-order valence-corrected chi connectivity index (χ2v) is 5.65. The van der Waals surface area contributed by atoms with E-state index in [0.717, 1.165) is 0 Å². The van der Waals surface area contributed by atoms with Gasteiger partial charge in [0.15, 0.2) is 6.61 Å². The van der Waals surface area contributed by atoms with Gasteiger partial charge < -0.3 is 19.0 Å². The molecule has 9 nitrogen and oxygen atoms in total. The maximum atomic E-state index is 12.4. The zero-order chi connectivity index (χ0) is 19.4. The van der Waals surface area contributed by atoms with Gasteiger partial charge in [-0.05, 0) is 31.0 Å². The van der Waals surface area contributed by atoms with Gasteiger partial charge in [-0.3, -0.25) is 4.98 Å². The van der Waals surface area contributed by atoms with Crippen molar-refractivity contribution in [2.45, 2.75) is 26.9 Å². The van der Waals surface area contributed by atoms with E-state index in [4.69, 9.17) is 14.0 Å². The first-order chi connectivity index (χ1) is 13.0.